The second kappa shape index (κ2) is 8.92. The highest BCUT2D eigenvalue weighted by Gasteiger charge is 2.57. The Kier molecular flexibility index (Phi) is 5.75. The molecule has 0 unspecified atom stereocenters. The van der Waals surface area contributed by atoms with E-state index in [4.69, 9.17) is 18.9 Å². The molecule has 3 aromatic carbocycles. The van der Waals surface area contributed by atoms with Crippen molar-refractivity contribution in [1.82, 2.24) is 4.90 Å². The molecule has 3 amide bonds. The predicted octanol–water partition coefficient (Wildman–Crippen LogP) is 3.47. The molecule has 9 nitrogen and oxygen atoms in total. The molecule has 1 fully saturated rings. The number of carbonyl (C=O) groups is 3. The van der Waals surface area contributed by atoms with Gasteiger partial charge in [-0.3, -0.25) is 19.3 Å². The van der Waals surface area contributed by atoms with Crippen molar-refractivity contribution < 1.29 is 33.3 Å². The van der Waals surface area contributed by atoms with Gasteiger partial charge in [0.1, 0.15) is 11.8 Å². The number of carbonyl (C=O) groups excluding carboxylic acids is 3. The van der Waals surface area contributed by atoms with Crippen LogP contribution in [0, 0.1) is 0 Å². The van der Waals surface area contributed by atoms with Crippen molar-refractivity contribution in [2.45, 2.75) is 12.1 Å². The summed E-state index contributed by atoms with van der Waals surface area (Å²) in [6.45, 7) is 0. The predicted molar refractivity (Wildman–Crippen MR) is 130 cm³/mol. The Balaban J connectivity index is 1.65. The van der Waals surface area contributed by atoms with Gasteiger partial charge in [0, 0.05) is 11.8 Å². The number of rotatable bonds is 7. The number of nitrogens with zero attached hydrogens (tertiary/aromatic N) is 2. The monoisotopic (exact) mass is 488 g/mol. The number of anilines is 1. The molecule has 0 N–H and O–H groups in total. The number of ether oxygens (including phenoxy) is 4. The van der Waals surface area contributed by atoms with Crippen LogP contribution in [-0.4, -0.2) is 57.1 Å². The summed E-state index contributed by atoms with van der Waals surface area (Å²) >= 11 is 0. The van der Waals surface area contributed by atoms with Gasteiger partial charge in [-0.15, -0.1) is 0 Å². The molecule has 2 heterocycles. The maximum absolute atomic E-state index is 13.7. The summed E-state index contributed by atoms with van der Waals surface area (Å²) in [5, 5.41) is 0. The lowest BCUT2D eigenvalue weighted by molar-refractivity contribution is -0.130. The zero-order chi connectivity index (χ0) is 25.6. The molecule has 0 spiro atoms. The molecule has 1 saturated heterocycles. The van der Waals surface area contributed by atoms with E-state index >= 15 is 0 Å². The lowest BCUT2D eigenvalue weighted by atomic mass is 9.86. The Morgan fingerprint density at radius 2 is 1.25 bits per heavy atom. The second-order valence-corrected chi connectivity index (χ2v) is 8.28. The number of benzene rings is 3. The van der Waals surface area contributed by atoms with Gasteiger partial charge in [-0.25, -0.2) is 0 Å². The second-order valence-electron chi connectivity index (χ2n) is 8.28. The molecule has 36 heavy (non-hydrogen) atoms. The molecule has 2 aliphatic rings. The number of fused-ring (bicyclic) bond motifs is 1. The van der Waals surface area contributed by atoms with Crippen LogP contribution in [0.5, 0.6) is 23.0 Å². The van der Waals surface area contributed by atoms with Gasteiger partial charge in [-0.1, -0.05) is 18.2 Å². The summed E-state index contributed by atoms with van der Waals surface area (Å²) in [4.78, 5) is 42.8. The highest BCUT2D eigenvalue weighted by Crippen LogP contribution is 2.48. The van der Waals surface area contributed by atoms with Gasteiger partial charge in [-0.2, -0.15) is 0 Å². The van der Waals surface area contributed by atoms with Crippen molar-refractivity contribution in [3.8, 4) is 23.0 Å². The molecule has 5 rings (SSSR count). The van der Waals surface area contributed by atoms with Crippen molar-refractivity contribution in [3.05, 3.63) is 77.4 Å². The Morgan fingerprint density at radius 3 is 1.78 bits per heavy atom. The summed E-state index contributed by atoms with van der Waals surface area (Å²) in [5.74, 6) is 0.327. The van der Waals surface area contributed by atoms with Gasteiger partial charge in [0.2, 0.25) is 5.75 Å². The number of amides is 3. The third-order valence-corrected chi connectivity index (χ3v) is 6.53. The van der Waals surface area contributed by atoms with Crippen molar-refractivity contribution >= 4 is 23.4 Å². The Bertz CT molecular complexity index is 1330. The van der Waals surface area contributed by atoms with E-state index < -0.39 is 29.8 Å². The lowest BCUT2D eigenvalue weighted by Gasteiger charge is -2.49. The smallest absolute Gasteiger partial charge is 0.262 e. The summed E-state index contributed by atoms with van der Waals surface area (Å²) in [7, 11) is 6.02. The number of imide groups is 1. The fraction of sp³-hybridized carbons (Fsp3) is 0.222. The van der Waals surface area contributed by atoms with Gasteiger partial charge in [0.25, 0.3) is 17.7 Å². The molecule has 2 atom stereocenters. The van der Waals surface area contributed by atoms with Crippen molar-refractivity contribution in [3.63, 3.8) is 0 Å². The molecule has 0 aliphatic carbocycles. The van der Waals surface area contributed by atoms with Crippen molar-refractivity contribution in [2.75, 3.05) is 33.3 Å². The van der Waals surface area contributed by atoms with E-state index in [1.807, 2.05) is 0 Å². The van der Waals surface area contributed by atoms with Gasteiger partial charge in [0.15, 0.2) is 11.5 Å². The fourth-order valence-corrected chi connectivity index (χ4v) is 4.84. The Labute approximate surface area is 207 Å². The molecular weight excluding hydrogens is 464 g/mol. The number of hydrogen-bond acceptors (Lipinski definition) is 7. The molecule has 0 bridgehead atoms. The molecule has 3 aromatic rings. The first-order valence-electron chi connectivity index (χ1n) is 11.2. The molecular formula is C27H24N2O7. The van der Waals surface area contributed by atoms with Crippen LogP contribution in [0.2, 0.25) is 0 Å². The molecule has 184 valence electrons. The van der Waals surface area contributed by atoms with E-state index in [-0.39, 0.29) is 11.1 Å². The van der Waals surface area contributed by atoms with Gasteiger partial charge in [-0.05, 0) is 42.0 Å². The van der Waals surface area contributed by atoms with E-state index in [0.29, 0.717) is 34.2 Å². The number of methoxy groups -OCH3 is 4. The zero-order valence-corrected chi connectivity index (χ0v) is 20.2. The molecule has 0 aromatic heterocycles. The van der Waals surface area contributed by atoms with E-state index in [9.17, 15) is 14.4 Å². The van der Waals surface area contributed by atoms with Gasteiger partial charge >= 0.3 is 0 Å². The Hall–Kier alpha value is -4.53. The minimum atomic E-state index is -1.06. The van der Waals surface area contributed by atoms with Gasteiger partial charge in [0.05, 0.1) is 45.6 Å². The summed E-state index contributed by atoms with van der Waals surface area (Å²) < 4.78 is 21.8. The Morgan fingerprint density at radius 1 is 0.639 bits per heavy atom. The van der Waals surface area contributed by atoms with Crippen LogP contribution in [0.15, 0.2) is 60.7 Å². The van der Waals surface area contributed by atoms with Crippen LogP contribution in [-0.2, 0) is 4.79 Å². The maximum atomic E-state index is 13.7. The van der Waals surface area contributed by atoms with Crippen molar-refractivity contribution in [1.29, 1.82) is 0 Å². The van der Waals surface area contributed by atoms with E-state index in [2.05, 4.69) is 0 Å². The standard InChI is InChI=1S/C27H24N2O7/c1-33-17-9-7-8-16(14-17)28-22(15-12-20(34-2)24(36-4)21(13-15)35-3)23(27(28)32)29-25(30)18-10-5-6-11-19(18)26(29)31/h5-14,22-23H,1-4H3/t22-,23-/m0/s1. The molecule has 9 heteroatoms. The van der Waals surface area contributed by atoms with E-state index in [1.165, 1.54) is 33.3 Å². The SMILES string of the molecule is COc1cccc(N2C(=O)[C@@H](N3C(=O)c4ccccc4C3=O)[C@@H]2c2cc(OC)c(OC)c(OC)c2)c1. The third kappa shape index (κ3) is 3.35. The normalized spacial score (nSPS) is 18.6. The number of hydrogen-bond donors (Lipinski definition) is 0. The highest BCUT2D eigenvalue weighted by atomic mass is 16.5. The average molecular weight is 488 g/mol. The molecule has 2 aliphatic heterocycles. The van der Waals surface area contributed by atoms with Crippen LogP contribution in [0.25, 0.3) is 0 Å². The first kappa shape index (κ1) is 23.2. The van der Waals surface area contributed by atoms with Crippen LogP contribution >= 0.6 is 0 Å². The first-order chi connectivity index (χ1) is 17.4. The highest BCUT2D eigenvalue weighted by molar-refractivity contribution is 6.24. The molecule has 0 saturated carbocycles. The van der Waals surface area contributed by atoms with Crippen LogP contribution < -0.4 is 23.8 Å². The van der Waals surface area contributed by atoms with Crippen LogP contribution in [0.3, 0.4) is 0 Å². The van der Waals surface area contributed by atoms with E-state index in [1.54, 1.807) is 60.7 Å². The lowest BCUT2D eigenvalue weighted by Crippen LogP contribution is -2.67. The summed E-state index contributed by atoms with van der Waals surface area (Å²) in [6, 6.07) is 15.3. The van der Waals surface area contributed by atoms with E-state index in [0.717, 1.165) is 4.90 Å². The average Bonchev–Trinajstić information content (AvgIpc) is 3.16. The fourth-order valence-electron chi connectivity index (χ4n) is 4.84. The first-order valence-corrected chi connectivity index (χ1v) is 11.2. The van der Waals surface area contributed by atoms with Crippen LogP contribution in [0.4, 0.5) is 5.69 Å². The molecule has 0 radical (unpaired) electrons. The summed E-state index contributed by atoms with van der Waals surface area (Å²) in [6.07, 6.45) is 0. The number of β-lactam (4-membered cyclic amide) rings is 1. The third-order valence-electron chi connectivity index (χ3n) is 6.53. The quantitative estimate of drug-likeness (QED) is 0.371. The zero-order valence-electron chi connectivity index (χ0n) is 20.2. The minimum Gasteiger partial charge on any atom is -0.497 e. The maximum Gasteiger partial charge on any atom is 0.262 e. The van der Waals surface area contributed by atoms with Gasteiger partial charge < -0.3 is 23.8 Å². The largest absolute Gasteiger partial charge is 0.497 e. The van der Waals surface area contributed by atoms with Crippen LogP contribution in [0.1, 0.15) is 32.3 Å². The summed E-state index contributed by atoms with van der Waals surface area (Å²) in [5.41, 5.74) is 1.72. The van der Waals surface area contributed by atoms with Crippen molar-refractivity contribution in [2.24, 2.45) is 0 Å². The topological polar surface area (TPSA) is 94.6 Å². The minimum absolute atomic E-state index is 0.277.